The second kappa shape index (κ2) is 5.44. The molecule has 78 valence electrons. The molecule has 0 aromatic carbocycles. The zero-order valence-electron chi connectivity index (χ0n) is 7.41. The summed E-state index contributed by atoms with van der Waals surface area (Å²) < 4.78 is -1.07. The van der Waals surface area contributed by atoms with Crippen molar-refractivity contribution in [1.82, 2.24) is 0 Å². The van der Waals surface area contributed by atoms with Crippen LogP contribution in [0, 0.1) is 5.92 Å². The lowest BCUT2D eigenvalue weighted by Gasteiger charge is -2.27. The van der Waals surface area contributed by atoms with E-state index in [4.69, 9.17) is 34.8 Å². The SMILES string of the molecule is ClC(Cl)(Cl)[C@H]1CCCC[C@H](Br)CC1. The normalized spacial score (nSPS) is 32.3. The summed E-state index contributed by atoms with van der Waals surface area (Å²) in [5.74, 6) is 0.234. The highest BCUT2D eigenvalue weighted by atomic mass is 79.9. The van der Waals surface area contributed by atoms with Crippen molar-refractivity contribution in [3.05, 3.63) is 0 Å². The van der Waals surface area contributed by atoms with E-state index in [-0.39, 0.29) is 5.92 Å². The first kappa shape index (κ1) is 12.4. The lowest BCUT2D eigenvalue weighted by Crippen LogP contribution is -2.22. The Morgan fingerprint density at radius 2 is 1.54 bits per heavy atom. The zero-order chi connectivity index (χ0) is 9.90. The predicted molar refractivity (Wildman–Crippen MR) is 64.2 cm³/mol. The third-order valence-corrected chi connectivity index (χ3v) is 4.45. The van der Waals surface area contributed by atoms with Crippen molar-refractivity contribution >= 4 is 50.7 Å². The summed E-state index contributed by atoms with van der Waals surface area (Å²) >= 11 is 21.3. The number of hydrogen-bond donors (Lipinski definition) is 0. The first-order chi connectivity index (χ1) is 6.00. The van der Waals surface area contributed by atoms with Gasteiger partial charge >= 0.3 is 0 Å². The molecule has 0 N–H and O–H groups in total. The Balaban J connectivity index is 2.46. The maximum Gasteiger partial charge on any atom is 0.193 e. The molecule has 4 heteroatoms. The second-order valence-electron chi connectivity index (χ2n) is 3.70. The van der Waals surface area contributed by atoms with E-state index in [0.29, 0.717) is 4.83 Å². The van der Waals surface area contributed by atoms with Gasteiger partial charge in [-0.3, -0.25) is 0 Å². The highest BCUT2D eigenvalue weighted by molar-refractivity contribution is 9.09. The van der Waals surface area contributed by atoms with Crippen LogP contribution in [0.2, 0.25) is 0 Å². The van der Waals surface area contributed by atoms with E-state index in [1.165, 1.54) is 19.3 Å². The molecule has 13 heavy (non-hydrogen) atoms. The molecule has 0 aromatic rings. The van der Waals surface area contributed by atoms with Gasteiger partial charge in [-0.25, -0.2) is 0 Å². The molecule has 1 saturated carbocycles. The van der Waals surface area contributed by atoms with Gasteiger partial charge in [0.15, 0.2) is 3.79 Å². The summed E-state index contributed by atoms with van der Waals surface area (Å²) in [5, 5.41) is 0. The molecule has 0 heterocycles. The standard InChI is InChI=1S/C9H14BrCl3/c10-8-4-2-1-3-7(5-6-8)9(11,12)13/h7-8H,1-6H2/t7-,8-/m0/s1. The van der Waals surface area contributed by atoms with Crippen LogP contribution in [0.3, 0.4) is 0 Å². The first-order valence-electron chi connectivity index (χ1n) is 4.71. The van der Waals surface area contributed by atoms with E-state index in [0.717, 1.165) is 19.3 Å². The summed E-state index contributed by atoms with van der Waals surface area (Å²) in [5.41, 5.74) is 0. The third kappa shape index (κ3) is 4.59. The summed E-state index contributed by atoms with van der Waals surface area (Å²) in [6.07, 6.45) is 6.88. The maximum atomic E-state index is 5.90. The van der Waals surface area contributed by atoms with Crippen molar-refractivity contribution in [2.24, 2.45) is 5.92 Å². The van der Waals surface area contributed by atoms with Gasteiger partial charge in [0.2, 0.25) is 0 Å². The van der Waals surface area contributed by atoms with Crippen LogP contribution in [0.15, 0.2) is 0 Å². The number of alkyl halides is 4. The van der Waals surface area contributed by atoms with Gasteiger partial charge in [0, 0.05) is 10.7 Å². The molecule has 0 unspecified atom stereocenters. The zero-order valence-corrected chi connectivity index (χ0v) is 11.3. The van der Waals surface area contributed by atoms with Gasteiger partial charge in [0.25, 0.3) is 0 Å². The monoisotopic (exact) mass is 306 g/mol. The molecule has 0 saturated heterocycles. The number of rotatable bonds is 0. The molecular weight excluding hydrogens is 294 g/mol. The van der Waals surface area contributed by atoms with Gasteiger partial charge in [0.05, 0.1) is 0 Å². The lowest BCUT2D eigenvalue weighted by atomic mass is 9.92. The Morgan fingerprint density at radius 3 is 2.15 bits per heavy atom. The minimum absolute atomic E-state index is 0.234. The van der Waals surface area contributed by atoms with Crippen LogP contribution < -0.4 is 0 Å². The van der Waals surface area contributed by atoms with Gasteiger partial charge in [-0.1, -0.05) is 63.6 Å². The Hall–Kier alpha value is 1.35. The van der Waals surface area contributed by atoms with E-state index >= 15 is 0 Å². The van der Waals surface area contributed by atoms with Crippen LogP contribution >= 0.6 is 50.7 Å². The number of hydrogen-bond acceptors (Lipinski definition) is 0. The van der Waals surface area contributed by atoms with Crippen LogP contribution in [0.4, 0.5) is 0 Å². The molecule has 1 aliphatic rings. The van der Waals surface area contributed by atoms with Gasteiger partial charge in [-0.2, -0.15) is 0 Å². The van der Waals surface area contributed by atoms with Crippen LogP contribution in [-0.2, 0) is 0 Å². The lowest BCUT2D eigenvalue weighted by molar-refractivity contribution is 0.389. The molecule has 0 bridgehead atoms. The van der Waals surface area contributed by atoms with E-state index < -0.39 is 3.79 Å². The number of halogens is 4. The van der Waals surface area contributed by atoms with Crippen molar-refractivity contribution in [3.63, 3.8) is 0 Å². The maximum absolute atomic E-state index is 5.90. The fraction of sp³-hybridized carbons (Fsp3) is 1.00. The third-order valence-electron chi connectivity index (χ3n) is 2.61. The molecule has 1 fully saturated rings. The topological polar surface area (TPSA) is 0 Å². The summed E-state index contributed by atoms with van der Waals surface area (Å²) in [6, 6.07) is 0. The molecule has 0 radical (unpaired) electrons. The predicted octanol–water partition coefficient (Wildman–Crippen LogP) is 5.09. The molecule has 0 nitrogen and oxygen atoms in total. The van der Waals surface area contributed by atoms with Gasteiger partial charge in [-0.05, 0) is 25.7 Å². The molecule has 0 spiro atoms. The van der Waals surface area contributed by atoms with E-state index in [9.17, 15) is 0 Å². The Labute approximate surface area is 103 Å². The Kier molecular flexibility index (Phi) is 5.20. The van der Waals surface area contributed by atoms with Gasteiger partial charge in [-0.15, -0.1) is 0 Å². The van der Waals surface area contributed by atoms with Gasteiger partial charge in [0.1, 0.15) is 0 Å². The first-order valence-corrected chi connectivity index (χ1v) is 6.76. The van der Waals surface area contributed by atoms with Crippen LogP contribution in [0.5, 0.6) is 0 Å². The molecule has 0 aromatic heterocycles. The molecule has 0 amide bonds. The molecule has 2 atom stereocenters. The Morgan fingerprint density at radius 1 is 0.923 bits per heavy atom. The fourth-order valence-electron chi connectivity index (χ4n) is 1.75. The molecular formula is C9H14BrCl3. The van der Waals surface area contributed by atoms with Gasteiger partial charge < -0.3 is 0 Å². The van der Waals surface area contributed by atoms with Crippen molar-refractivity contribution in [2.45, 2.75) is 47.1 Å². The van der Waals surface area contributed by atoms with Crippen molar-refractivity contribution in [3.8, 4) is 0 Å². The van der Waals surface area contributed by atoms with E-state index in [1.807, 2.05) is 0 Å². The van der Waals surface area contributed by atoms with Crippen molar-refractivity contribution in [2.75, 3.05) is 0 Å². The highest BCUT2D eigenvalue weighted by Gasteiger charge is 2.32. The average molecular weight is 308 g/mol. The largest absolute Gasteiger partial charge is 0.193 e. The summed E-state index contributed by atoms with van der Waals surface area (Å²) in [4.78, 5) is 0.614. The fourth-order valence-corrected chi connectivity index (χ4v) is 3.00. The van der Waals surface area contributed by atoms with Crippen LogP contribution in [0.25, 0.3) is 0 Å². The quantitative estimate of drug-likeness (QED) is 0.547. The molecule has 1 rings (SSSR count). The summed E-state index contributed by atoms with van der Waals surface area (Å²) in [6.45, 7) is 0. The second-order valence-corrected chi connectivity index (χ2v) is 7.36. The van der Waals surface area contributed by atoms with Crippen molar-refractivity contribution < 1.29 is 0 Å². The summed E-state index contributed by atoms with van der Waals surface area (Å²) in [7, 11) is 0. The van der Waals surface area contributed by atoms with E-state index in [1.54, 1.807) is 0 Å². The average Bonchev–Trinajstić information content (AvgIpc) is 1.94. The minimum Gasteiger partial charge on any atom is -0.0891 e. The molecule has 0 aliphatic heterocycles. The Bertz CT molecular complexity index is 155. The van der Waals surface area contributed by atoms with Crippen molar-refractivity contribution in [1.29, 1.82) is 0 Å². The van der Waals surface area contributed by atoms with E-state index in [2.05, 4.69) is 15.9 Å². The smallest absolute Gasteiger partial charge is 0.0891 e. The highest BCUT2D eigenvalue weighted by Crippen LogP contribution is 2.42. The molecule has 1 aliphatic carbocycles. The minimum atomic E-state index is -1.07. The van der Waals surface area contributed by atoms with Crippen LogP contribution in [0.1, 0.15) is 38.5 Å². The van der Waals surface area contributed by atoms with Crippen LogP contribution in [-0.4, -0.2) is 8.62 Å².